The first-order valence-electron chi connectivity index (χ1n) is 4.70. The first-order chi connectivity index (χ1) is 7.20. The largest absolute Gasteiger partial charge is 0.441 e. The first kappa shape index (κ1) is 9.65. The second-order valence-electron chi connectivity index (χ2n) is 3.44. The lowest BCUT2D eigenvalue weighted by atomic mass is 10.1. The van der Waals surface area contributed by atoms with Gasteiger partial charge in [-0.2, -0.15) is 0 Å². The topological polar surface area (TPSA) is 43.1 Å². The van der Waals surface area contributed by atoms with Crippen molar-refractivity contribution in [3.63, 3.8) is 0 Å². The van der Waals surface area contributed by atoms with Crippen molar-refractivity contribution in [3.05, 3.63) is 41.3 Å². The van der Waals surface area contributed by atoms with Crippen molar-refractivity contribution >= 4 is 6.29 Å². The number of aromatic nitrogens is 1. The summed E-state index contributed by atoms with van der Waals surface area (Å²) in [7, 11) is 0. The van der Waals surface area contributed by atoms with E-state index in [1.54, 1.807) is 6.92 Å². The zero-order chi connectivity index (χ0) is 10.8. The highest BCUT2D eigenvalue weighted by Crippen LogP contribution is 2.21. The number of rotatable bonds is 2. The van der Waals surface area contributed by atoms with Gasteiger partial charge in [-0.3, -0.25) is 4.79 Å². The predicted octanol–water partition coefficient (Wildman–Crippen LogP) is 2.77. The molecule has 0 saturated heterocycles. The molecule has 0 radical (unpaired) electrons. The number of aldehydes is 1. The Balaban J connectivity index is 2.45. The Morgan fingerprint density at radius 1 is 1.20 bits per heavy atom. The van der Waals surface area contributed by atoms with Crippen LogP contribution in [0.4, 0.5) is 0 Å². The smallest absolute Gasteiger partial charge is 0.226 e. The van der Waals surface area contributed by atoms with Crippen molar-refractivity contribution in [2.45, 2.75) is 13.8 Å². The Bertz CT molecular complexity index is 483. The molecule has 0 N–H and O–H groups in total. The zero-order valence-corrected chi connectivity index (χ0v) is 8.65. The molecule has 0 unspecified atom stereocenters. The highest BCUT2D eigenvalue weighted by Gasteiger charge is 2.09. The van der Waals surface area contributed by atoms with Gasteiger partial charge in [-0.15, -0.1) is 0 Å². The molecule has 0 fully saturated rings. The van der Waals surface area contributed by atoms with Gasteiger partial charge in [0.1, 0.15) is 11.5 Å². The van der Waals surface area contributed by atoms with Crippen molar-refractivity contribution in [2.75, 3.05) is 0 Å². The molecular formula is C12H11NO2. The maximum absolute atomic E-state index is 10.6. The minimum absolute atomic E-state index is 0.366. The van der Waals surface area contributed by atoms with Crippen LogP contribution in [0.15, 0.2) is 28.7 Å². The molecule has 3 nitrogen and oxygen atoms in total. The Morgan fingerprint density at radius 2 is 1.87 bits per heavy atom. The molecule has 0 spiro atoms. The maximum Gasteiger partial charge on any atom is 0.226 e. The normalized spacial score (nSPS) is 10.3. The summed E-state index contributed by atoms with van der Waals surface area (Å²) in [5.74, 6) is 1.05. The van der Waals surface area contributed by atoms with E-state index in [9.17, 15) is 4.79 Å². The molecule has 2 aromatic rings. The van der Waals surface area contributed by atoms with Crippen LogP contribution in [0.3, 0.4) is 0 Å². The lowest BCUT2D eigenvalue weighted by Gasteiger charge is -1.95. The fourth-order valence-corrected chi connectivity index (χ4v) is 1.34. The van der Waals surface area contributed by atoms with Gasteiger partial charge in [0.05, 0.1) is 0 Å². The third-order valence-electron chi connectivity index (χ3n) is 2.24. The molecule has 0 bridgehead atoms. The molecule has 1 heterocycles. The van der Waals surface area contributed by atoms with Crippen LogP contribution in [0.5, 0.6) is 0 Å². The number of oxazole rings is 1. The summed E-state index contributed by atoms with van der Waals surface area (Å²) in [5.41, 5.74) is 2.43. The molecule has 0 aliphatic carbocycles. The summed E-state index contributed by atoms with van der Waals surface area (Å²) < 4.78 is 5.39. The number of hydrogen-bond donors (Lipinski definition) is 0. The molecule has 3 heteroatoms. The molecule has 2 rings (SSSR count). The summed E-state index contributed by atoms with van der Waals surface area (Å²) in [6.45, 7) is 3.75. The van der Waals surface area contributed by atoms with Crippen LogP contribution in [-0.2, 0) is 0 Å². The summed E-state index contributed by atoms with van der Waals surface area (Å²) in [5, 5.41) is 0. The standard InChI is InChI=1S/C12H11NO2/c1-8-3-5-10(6-4-8)12-13-11(7-14)9(2)15-12/h3-7H,1-2H3. The van der Waals surface area contributed by atoms with Crippen molar-refractivity contribution in [3.8, 4) is 11.5 Å². The monoisotopic (exact) mass is 201 g/mol. The van der Waals surface area contributed by atoms with Gasteiger partial charge in [0.15, 0.2) is 6.29 Å². The maximum atomic E-state index is 10.6. The van der Waals surface area contributed by atoms with Crippen LogP contribution < -0.4 is 0 Å². The van der Waals surface area contributed by atoms with Crippen molar-refractivity contribution in [1.29, 1.82) is 0 Å². The van der Waals surface area contributed by atoms with Gasteiger partial charge in [-0.1, -0.05) is 17.7 Å². The number of benzene rings is 1. The Kier molecular flexibility index (Phi) is 2.37. The van der Waals surface area contributed by atoms with Crippen LogP contribution in [0, 0.1) is 13.8 Å². The summed E-state index contributed by atoms with van der Waals surface area (Å²) >= 11 is 0. The third kappa shape index (κ3) is 1.81. The van der Waals surface area contributed by atoms with Crippen LogP contribution >= 0.6 is 0 Å². The summed E-state index contributed by atoms with van der Waals surface area (Å²) in [6.07, 6.45) is 0.705. The molecule has 0 amide bonds. The van der Waals surface area contributed by atoms with Gasteiger partial charge in [0.25, 0.3) is 0 Å². The van der Waals surface area contributed by atoms with E-state index in [0.29, 0.717) is 23.6 Å². The van der Waals surface area contributed by atoms with Crippen molar-refractivity contribution in [2.24, 2.45) is 0 Å². The molecule has 76 valence electrons. The van der Waals surface area contributed by atoms with E-state index < -0.39 is 0 Å². The Morgan fingerprint density at radius 3 is 2.40 bits per heavy atom. The zero-order valence-electron chi connectivity index (χ0n) is 8.65. The van der Waals surface area contributed by atoms with Gasteiger partial charge in [-0.25, -0.2) is 4.98 Å². The molecule has 1 aromatic heterocycles. The molecule has 15 heavy (non-hydrogen) atoms. The van der Waals surface area contributed by atoms with Gasteiger partial charge in [0.2, 0.25) is 5.89 Å². The third-order valence-corrected chi connectivity index (χ3v) is 2.24. The molecule has 1 aromatic carbocycles. The van der Waals surface area contributed by atoms with Crippen LogP contribution in [0.25, 0.3) is 11.5 Å². The molecule has 0 saturated carbocycles. The fourth-order valence-electron chi connectivity index (χ4n) is 1.34. The van der Waals surface area contributed by atoms with Crippen molar-refractivity contribution < 1.29 is 9.21 Å². The molecule has 0 aliphatic heterocycles. The van der Waals surface area contributed by atoms with E-state index in [1.165, 1.54) is 5.56 Å². The minimum Gasteiger partial charge on any atom is -0.441 e. The highest BCUT2D eigenvalue weighted by molar-refractivity contribution is 5.74. The first-order valence-corrected chi connectivity index (χ1v) is 4.70. The molecule has 0 atom stereocenters. The minimum atomic E-state index is 0.366. The van der Waals surface area contributed by atoms with E-state index in [2.05, 4.69) is 4.98 Å². The second-order valence-corrected chi connectivity index (χ2v) is 3.44. The van der Waals surface area contributed by atoms with Crippen LogP contribution in [0.2, 0.25) is 0 Å². The molecule has 0 aliphatic rings. The quantitative estimate of drug-likeness (QED) is 0.701. The lowest BCUT2D eigenvalue weighted by Crippen LogP contribution is -1.82. The second kappa shape index (κ2) is 3.69. The van der Waals surface area contributed by atoms with E-state index in [4.69, 9.17) is 4.42 Å². The van der Waals surface area contributed by atoms with Gasteiger partial charge in [-0.05, 0) is 26.0 Å². The van der Waals surface area contributed by atoms with Crippen LogP contribution in [-0.4, -0.2) is 11.3 Å². The average molecular weight is 201 g/mol. The number of hydrogen-bond acceptors (Lipinski definition) is 3. The summed E-state index contributed by atoms with van der Waals surface area (Å²) in [6, 6.07) is 7.81. The van der Waals surface area contributed by atoms with E-state index >= 15 is 0 Å². The SMILES string of the molecule is Cc1ccc(-c2nc(C=O)c(C)o2)cc1. The van der Waals surface area contributed by atoms with Crippen molar-refractivity contribution in [1.82, 2.24) is 4.98 Å². The fraction of sp³-hybridized carbons (Fsp3) is 0.167. The van der Waals surface area contributed by atoms with E-state index in [1.807, 2.05) is 31.2 Å². The predicted molar refractivity (Wildman–Crippen MR) is 56.8 cm³/mol. The van der Waals surface area contributed by atoms with Gasteiger partial charge in [0, 0.05) is 5.56 Å². The molecular weight excluding hydrogens is 190 g/mol. The highest BCUT2D eigenvalue weighted by atomic mass is 16.4. The Hall–Kier alpha value is -1.90. The number of carbonyl (C=O) groups is 1. The number of nitrogens with zero attached hydrogens (tertiary/aromatic N) is 1. The van der Waals surface area contributed by atoms with Gasteiger partial charge >= 0.3 is 0 Å². The summed E-state index contributed by atoms with van der Waals surface area (Å²) in [4.78, 5) is 14.7. The lowest BCUT2D eigenvalue weighted by molar-refractivity contribution is 0.111. The number of carbonyl (C=O) groups excluding carboxylic acids is 1. The average Bonchev–Trinajstić information content (AvgIpc) is 2.61. The number of aryl methyl sites for hydroxylation is 2. The van der Waals surface area contributed by atoms with E-state index in [0.717, 1.165) is 5.56 Å². The van der Waals surface area contributed by atoms with Crippen LogP contribution in [0.1, 0.15) is 21.8 Å². The van der Waals surface area contributed by atoms with Gasteiger partial charge < -0.3 is 4.42 Å². The van der Waals surface area contributed by atoms with E-state index in [-0.39, 0.29) is 0 Å². The Labute approximate surface area is 87.8 Å².